The number of phenolic OH excluding ortho intramolecular Hbond substituents is 1. The number of nitrogens with one attached hydrogen (secondary N) is 1. The van der Waals surface area contributed by atoms with Gasteiger partial charge in [-0.3, -0.25) is 4.79 Å². The predicted molar refractivity (Wildman–Crippen MR) is 58.4 cm³/mol. The fourth-order valence-electron chi connectivity index (χ4n) is 0.978. The smallest absolute Gasteiger partial charge is 0.397 e. The molecule has 16 heavy (non-hydrogen) atoms. The summed E-state index contributed by atoms with van der Waals surface area (Å²) in [6.07, 6.45) is 0. The van der Waals surface area contributed by atoms with Gasteiger partial charge in [-0.2, -0.15) is 0 Å². The van der Waals surface area contributed by atoms with Crippen LogP contribution in [0.3, 0.4) is 0 Å². The maximum atomic E-state index is 11.2. The van der Waals surface area contributed by atoms with Gasteiger partial charge in [0.25, 0.3) is 0 Å². The zero-order valence-electron chi connectivity index (χ0n) is 8.49. The number of hydrogen-bond donors (Lipinski definition) is 2. The minimum Gasteiger partial charge on any atom is -0.506 e. The summed E-state index contributed by atoms with van der Waals surface area (Å²) in [4.78, 5) is 22.2. The Morgan fingerprint density at radius 2 is 2.19 bits per heavy atom. The Bertz CT molecular complexity index is 419. The summed E-state index contributed by atoms with van der Waals surface area (Å²) in [5.74, 6) is -2.15. The lowest BCUT2D eigenvalue weighted by atomic mass is 10.3. The fraction of sp³-hybridized carbons (Fsp3) is 0.200. The molecule has 0 aliphatic carbocycles. The average molecular weight is 244 g/mol. The number of anilines is 1. The van der Waals surface area contributed by atoms with Crippen molar-refractivity contribution in [1.82, 2.24) is 0 Å². The van der Waals surface area contributed by atoms with Gasteiger partial charge in [0.2, 0.25) is 0 Å². The van der Waals surface area contributed by atoms with Crippen molar-refractivity contribution in [3.05, 3.63) is 23.2 Å². The van der Waals surface area contributed by atoms with Crippen LogP contribution in [0.4, 0.5) is 5.69 Å². The van der Waals surface area contributed by atoms with Gasteiger partial charge in [-0.25, -0.2) is 4.79 Å². The van der Waals surface area contributed by atoms with Gasteiger partial charge in [0.15, 0.2) is 0 Å². The summed E-state index contributed by atoms with van der Waals surface area (Å²) in [6, 6.07) is 4.09. The third-order valence-electron chi connectivity index (χ3n) is 1.67. The molecule has 0 unspecified atom stereocenters. The van der Waals surface area contributed by atoms with E-state index < -0.39 is 11.9 Å². The molecule has 0 aliphatic heterocycles. The monoisotopic (exact) mass is 243 g/mol. The number of halogens is 1. The zero-order valence-corrected chi connectivity index (χ0v) is 9.25. The lowest BCUT2D eigenvalue weighted by Crippen LogP contribution is -2.25. The van der Waals surface area contributed by atoms with Crippen LogP contribution in [0.5, 0.6) is 5.75 Å². The van der Waals surface area contributed by atoms with Gasteiger partial charge in [-0.15, -0.1) is 0 Å². The number of carbonyl (C=O) groups excluding carboxylic acids is 2. The van der Waals surface area contributed by atoms with Crippen molar-refractivity contribution in [1.29, 1.82) is 0 Å². The van der Waals surface area contributed by atoms with Crippen LogP contribution in [0.2, 0.25) is 5.02 Å². The first kappa shape index (κ1) is 12.3. The highest BCUT2D eigenvalue weighted by Gasteiger charge is 2.16. The normalized spacial score (nSPS) is 9.62. The molecule has 1 aromatic rings. The maximum Gasteiger partial charge on any atom is 0.397 e. The van der Waals surface area contributed by atoms with Gasteiger partial charge in [0.1, 0.15) is 5.75 Å². The number of rotatable bonds is 2. The zero-order chi connectivity index (χ0) is 12.1. The van der Waals surface area contributed by atoms with Crippen molar-refractivity contribution in [3.63, 3.8) is 0 Å². The van der Waals surface area contributed by atoms with E-state index in [1.807, 2.05) is 0 Å². The van der Waals surface area contributed by atoms with Gasteiger partial charge in [0, 0.05) is 5.02 Å². The first-order valence-corrected chi connectivity index (χ1v) is 4.89. The fourth-order valence-corrected chi connectivity index (χ4v) is 1.15. The van der Waals surface area contributed by atoms with E-state index in [4.69, 9.17) is 11.6 Å². The average Bonchev–Trinajstić information content (AvgIpc) is 2.23. The van der Waals surface area contributed by atoms with E-state index in [1.165, 1.54) is 18.2 Å². The van der Waals surface area contributed by atoms with Crippen LogP contribution >= 0.6 is 11.6 Å². The number of benzene rings is 1. The van der Waals surface area contributed by atoms with Crippen molar-refractivity contribution in [3.8, 4) is 5.75 Å². The number of hydrogen-bond acceptors (Lipinski definition) is 4. The lowest BCUT2D eigenvalue weighted by molar-refractivity contribution is -0.152. The molecule has 0 atom stereocenters. The summed E-state index contributed by atoms with van der Waals surface area (Å²) in [5.41, 5.74) is 0.0607. The van der Waals surface area contributed by atoms with E-state index >= 15 is 0 Å². The van der Waals surface area contributed by atoms with Crippen molar-refractivity contribution in [2.75, 3.05) is 11.9 Å². The highest BCUT2D eigenvalue weighted by Crippen LogP contribution is 2.26. The molecule has 6 heteroatoms. The molecule has 2 N–H and O–H groups in total. The SMILES string of the molecule is CCOC(=O)C(=O)Nc1cc(Cl)ccc1O. The molecular weight excluding hydrogens is 234 g/mol. The van der Waals surface area contributed by atoms with Crippen LogP contribution in [0.15, 0.2) is 18.2 Å². The number of esters is 1. The van der Waals surface area contributed by atoms with Crippen LogP contribution in [0, 0.1) is 0 Å². The van der Waals surface area contributed by atoms with E-state index in [0.29, 0.717) is 5.02 Å². The quantitative estimate of drug-likeness (QED) is 0.469. The van der Waals surface area contributed by atoms with Gasteiger partial charge in [-0.1, -0.05) is 11.6 Å². The molecule has 0 spiro atoms. The minimum absolute atomic E-state index is 0.0607. The molecular formula is C10H10ClNO4. The second-order valence-corrected chi connectivity index (χ2v) is 3.27. The Balaban J connectivity index is 2.76. The van der Waals surface area contributed by atoms with E-state index in [0.717, 1.165) is 0 Å². The maximum absolute atomic E-state index is 11.2. The second-order valence-electron chi connectivity index (χ2n) is 2.84. The number of carbonyl (C=O) groups is 2. The van der Waals surface area contributed by atoms with E-state index in [-0.39, 0.29) is 18.0 Å². The van der Waals surface area contributed by atoms with Gasteiger partial charge < -0.3 is 15.2 Å². The van der Waals surface area contributed by atoms with Crippen molar-refractivity contribution >= 4 is 29.2 Å². The summed E-state index contributed by atoms with van der Waals surface area (Å²) in [7, 11) is 0. The number of amides is 1. The van der Waals surface area contributed by atoms with Crippen molar-refractivity contribution in [2.45, 2.75) is 6.92 Å². The number of ether oxygens (including phenoxy) is 1. The van der Waals surface area contributed by atoms with E-state index in [1.54, 1.807) is 6.92 Å². The Morgan fingerprint density at radius 1 is 1.50 bits per heavy atom. The predicted octanol–water partition coefficient (Wildman–Crippen LogP) is 1.55. The third-order valence-corrected chi connectivity index (χ3v) is 1.90. The molecule has 0 saturated carbocycles. The summed E-state index contributed by atoms with van der Waals surface area (Å²) < 4.78 is 4.48. The standard InChI is InChI=1S/C10H10ClNO4/c1-2-16-10(15)9(14)12-7-5-6(11)3-4-8(7)13/h3-5,13H,2H2,1H3,(H,12,14). The lowest BCUT2D eigenvalue weighted by Gasteiger charge is -2.06. The molecule has 5 nitrogen and oxygen atoms in total. The number of aromatic hydroxyl groups is 1. The first-order chi connectivity index (χ1) is 7.54. The molecule has 0 bridgehead atoms. The number of phenols is 1. The molecule has 0 aromatic heterocycles. The van der Waals surface area contributed by atoms with Crippen LogP contribution in [0.25, 0.3) is 0 Å². The third kappa shape index (κ3) is 3.13. The molecule has 1 rings (SSSR count). The van der Waals surface area contributed by atoms with Gasteiger partial charge >= 0.3 is 11.9 Å². The Morgan fingerprint density at radius 3 is 2.81 bits per heavy atom. The molecule has 1 aromatic carbocycles. The first-order valence-electron chi connectivity index (χ1n) is 4.51. The Hall–Kier alpha value is -1.75. The summed E-state index contributed by atoms with van der Waals surface area (Å²) in [6.45, 7) is 1.69. The van der Waals surface area contributed by atoms with Crippen LogP contribution in [0.1, 0.15) is 6.92 Å². The molecule has 1 amide bonds. The molecule has 0 saturated heterocycles. The van der Waals surface area contributed by atoms with Gasteiger partial charge in [-0.05, 0) is 25.1 Å². The minimum atomic E-state index is -1.01. The molecule has 0 heterocycles. The summed E-state index contributed by atoms with van der Waals surface area (Å²) >= 11 is 5.66. The van der Waals surface area contributed by atoms with E-state index in [9.17, 15) is 14.7 Å². The largest absolute Gasteiger partial charge is 0.506 e. The molecule has 0 aliphatic rings. The topological polar surface area (TPSA) is 75.6 Å². The molecule has 0 fully saturated rings. The Labute approximate surface area is 97.0 Å². The summed E-state index contributed by atoms with van der Waals surface area (Å²) in [5, 5.41) is 11.9. The highest BCUT2D eigenvalue weighted by atomic mass is 35.5. The highest BCUT2D eigenvalue weighted by molar-refractivity contribution is 6.37. The van der Waals surface area contributed by atoms with E-state index in [2.05, 4.69) is 10.1 Å². The molecule has 86 valence electrons. The molecule has 0 radical (unpaired) electrons. The van der Waals surface area contributed by atoms with Gasteiger partial charge in [0.05, 0.1) is 12.3 Å². The van der Waals surface area contributed by atoms with Crippen molar-refractivity contribution < 1.29 is 19.4 Å². The van der Waals surface area contributed by atoms with Crippen LogP contribution in [-0.2, 0) is 14.3 Å². The van der Waals surface area contributed by atoms with Crippen LogP contribution < -0.4 is 5.32 Å². The van der Waals surface area contributed by atoms with Crippen molar-refractivity contribution in [2.24, 2.45) is 0 Å². The van der Waals surface area contributed by atoms with Crippen LogP contribution in [-0.4, -0.2) is 23.6 Å². The Kier molecular flexibility index (Phi) is 4.13. The second kappa shape index (κ2) is 5.37.